The summed E-state index contributed by atoms with van der Waals surface area (Å²) in [5, 5.41) is 0. The fraction of sp³-hybridized carbons (Fsp3) is 0.464. The molecular formula is C28H29ClN2O4. The van der Waals surface area contributed by atoms with E-state index < -0.39 is 22.4 Å². The lowest BCUT2D eigenvalue weighted by atomic mass is 9.49. The summed E-state index contributed by atoms with van der Waals surface area (Å²) in [5.41, 5.74) is 1.80. The number of esters is 2. The number of rotatable bonds is 4. The Morgan fingerprint density at radius 3 is 2.63 bits per heavy atom. The van der Waals surface area contributed by atoms with Crippen molar-refractivity contribution in [3.05, 3.63) is 65.7 Å². The van der Waals surface area contributed by atoms with Gasteiger partial charge in [0.25, 0.3) is 0 Å². The molecule has 5 atom stereocenters. The molecule has 6 nitrogen and oxygen atoms in total. The molecule has 0 radical (unpaired) electrons. The van der Waals surface area contributed by atoms with E-state index in [0.29, 0.717) is 24.2 Å². The minimum absolute atomic E-state index is 0.0289. The molecule has 3 aliphatic heterocycles. The molecule has 182 valence electrons. The van der Waals surface area contributed by atoms with Crippen molar-refractivity contribution in [2.75, 3.05) is 20.2 Å². The van der Waals surface area contributed by atoms with Crippen LogP contribution in [0.3, 0.4) is 0 Å². The smallest absolute Gasteiger partial charge is 0.338 e. The first-order valence-corrected chi connectivity index (χ1v) is 12.7. The van der Waals surface area contributed by atoms with E-state index in [1.807, 2.05) is 36.4 Å². The maximum atomic E-state index is 13.4. The molecule has 1 aliphatic carbocycles. The quantitative estimate of drug-likeness (QED) is 0.458. The Labute approximate surface area is 210 Å². The van der Waals surface area contributed by atoms with Gasteiger partial charge in [0, 0.05) is 12.6 Å². The number of methoxy groups -OCH3 is 1. The van der Waals surface area contributed by atoms with E-state index in [2.05, 4.69) is 17.9 Å². The molecule has 2 aromatic rings. The number of nitrogens with zero attached hydrogens (tertiary/aromatic N) is 2. The van der Waals surface area contributed by atoms with Crippen LogP contribution >= 0.6 is 11.6 Å². The molecule has 2 aromatic carbocycles. The lowest BCUT2D eigenvalue weighted by Crippen LogP contribution is -2.71. The standard InChI is InChI=1S/C28H29ClN2O4/c1-3-26-14-9-15-31-16-21(35-22(32)18-10-5-4-6-11-18)28(24(26)31)19-12-7-8-13-20(19)30-23(28)27(29,17-26)25(33)34-2/h4-8,10-13,21,24H,3,9,14-17H2,1-2H3/t21-,24-,26-,27-,28+/m0/s1. The Morgan fingerprint density at radius 2 is 1.89 bits per heavy atom. The van der Waals surface area contributed by atoms with Gasteiger partial charge in [0.15, 0.2) is 4.87 Å². The van der Waals surface area contributed by atoms with Crippen molar-refractivity contribution in [1.82, 2.24) is 4.90 Å². The van der Waals surface area contributed by atoms with Crippen molar-refractivity contribution < 1.29 is 19.1 Å². The molecule has 2 saturated heterocycles. The summed E-state index contributed by atoms with van der Waals surface area (Å²) in [6.07, 6.45) is 2.74. The Kier molecular flexibility index (Phi) is 5.14. The number of aliphatic imine (C=N–C) groups is 1. The topological polar surface area (TPSA) is 68.2 Å². The molecule has 7 heteroatoms. The predicted octanol–water partition coefficient (Wildman–Crippen LogP) is 4.66. The number of hydrogen-bond acceptors (Lipinski definition) is 6. The fourth-order valence-electron chi connectivity index (χ4n) is 7.55. The number of ether oxygens (including phenoxy) is 2. The molecule has 0 aromatic heterocycles. The summed E-state index contributed by atoms with van der Waals surface area (Å²) >= 11 is 7.35. The number of hydrogen-bond donors (Lipinski definition) is 0. The molecule has 0 amide bonds. The van der Waals surface area contributed by atoms with E-state index in [1.54, 1.807) is 12.1 Å². The van der Waals surface area contributed by atoms with Gasteiger partial charge in [0.1, 0.15) is 6.10 Å². The minimum Gasteiger partial charge on any atom is -0.467 e. The highest BCUT2D eigenvalue weighted by molar-refractivity contribution is 6.49. The fourth-order valence-corrected chi connectivity index (χ4v) is 8.09. The predicted molar refractivity (Wildman–Crippen MR) is 133 cm³/mol. The van der Waals surface area contributed by atoms with Crippen LogP contribution in [0.25, 0.3) is 0 Å². The van der Waals surface area contributed by atoms with Gasteiger partial charge in [-0.3, -0.25) is 9.89 Å². The van der Waals surface area contributed by atoms with Gasteiger partial charge in [-0.2, -0.15) is 0 Å². The van der Waals surface area contributed by atoms with Crippen LogP contribution in [0.5, 0.6) is 0 Å². The Hall–Kier alpha value is -2.70. The highest BCUT2D eigenvalue weighted by atomic mass is 35.5. The van der Waals surface area contributed by atoms with Crippen LogP contribution < -0.4 is 0 Å². The third-order valence-corrected chi connectivity index (χ3v) is 9.29. The van der Waals surface area contributed by atoms with Gasteiger partial charge in [-0.25, -0.2) is 9.59 Å². The molecular weight excluding hydrogens is 464 g/mol. The maximum Gasteiger partial charge on any atom is 0.338 e. The molecule has 0 N–H and O–H groups in total. The lowest BCUT2D eigenvalue weighted by molar-refractivity contribution is -0.144. The number of halogens is 1. The van der Waals surface area contributed by atoms with Gasteiger partial charge in [-0.1, -0.05) is 54.9 Å². The van der Waals surface area contributed by atoms with Gasteiger partial charge in [-0.15, -0.1) is 0 Å². The number of carbonyl (C=O) groups is 2. The number of carbonyl (C=O) groups excluding carboxylic acids is 2. The molecule has 1 spiro atoms. The summed E-state index contributed by atoms with van der Waals surface area (Å²) in [6.45, 7) is 3.67. The molecule has 1 saturated carbocycles. The monoisotopic (exact) mass is 492 g/mol. The lowest BCUT2D eigenvalue weighted by Gasteiger charge is -2.59. The SMILES string of the molecule is CC[C@]12CCCN3C[C@H](OC(=O)c4ccccc4)[C@]4(C(=Nc5ccccc54)[C@](Cl)(C(=O)OC)C1)[C@@H]32. The minimum atomic E-state index is -1.43. The van der Waals surface area contributed by atoms with E-state index in [9.17, 15) is 9.59 Å². The molecule has 0 bridgehead atoms. The van der Waals surface area contributed by atoms with Crippen LogP contribution in [0.4, 0.5) is 5.69 Å². The number of piperidine rings is 1. The average Bonchev–Trinajstić information content (AvgIpc) is 3.42. The van der Waals surface area contributed by atoms with Crippen molar-refractivity contribution in [3.8, 4) is 0 Å². The molecule has 35 heavy (non-hydrogen) atoms. The van der Waals surface area contributed by atoms with Crippen LogP contribution in [0.2, 0.25) is 0 Å². The number of alkyl halides is 1. The number of benzene rings is 2. The molecule has 3 heterocycles. The summed E-state index contributed by atoms with van der Waals surface area (Å²) in [4.78, 5) is 32.8. The summed E-state index contributed by atoms with van der Waals surface area (Å²) in [5.74, 6) is -0.868. The zero-order valence-corrected chi connectivity index (χ0v) is 20.8. The Balaban J connectivity index is 1.59. The molecule has 6 rings (SSSR count). The third kappa shape index (κ3) is 2.90. The average molecular weight is 493 g/mol. The van der Waals surface area contributed by atoms with E-state index in [4.69, 9.17) is 26.1 Å². The van der Waals surface area contributed by atoms with Gasteiger partial charge < -0.3 is 9.47 Å². The first kappa shape index (κ1) is 22.7. The Bertz CT molecular complexity index is 1230. The normalized spacial score (nSPS) is 34.9. The van der Waals surface area contributed by atoms with E-state index in [1.165, 1.54) is 7.11 Å². The summed E-state index contributed by atoms with van der Waals surface area (Å²) in [7, 11) is 1.38. The van der Waals surface area contributed by atoms with E-state index in [0.717, 1.165) is 37.1 Å². The van der Waals surface area contributed by atoms with Crippen LogP contribution in [0.1, 0.15) is 48.5 Å². The first-order chi connectivity index (χ1) is 16.9. The second-order valence-electron chi connectivity index (χ2n) is 10.3. The highest BCUT2D eigenvalue weighted by Crippen LogP contribution is 2.66. The van der Waals surface area contributed by atoms with Crippen molar-refractivity contribution in [3.63, 3.8) is 0 Å². The van der Waals surface area contributed by atoms with Crippen molar-refractivity contribution >= 4 is 34.9 Å². The second kappa shape index (κ2) is 7.90. The first-order valence-electron chi connectivity index (χ1n) is 12.4. The largest absolute Gasteiger partial charge is 0.467 e. The summed E-state index contributed by atoms with van der Waals surface area (Å²) in [6, 6.07) is 17.0. The van der Waals surface area contributed by atoms with Gasteiger partial charge in [0.2, 0.25) is 0 Å². The zero-order valence-electron chi connectivity index (χ0n) is 20.0. The summed E-state index contributed by atoms with van der Waals surface area (Å²) < 4.78 is 11.6. The zero-order chi connectivity index (χ0) is 24.4. The number of para-hydroxylation sites is 1. The van der Waals surface area contributed by atoms with Gasteiger partial charge in [0.05, 0.1) is 29.5 Å². The maximum absolute atomic E-state index is 13.4. The van der Waals surface area contributed by atoms with Crippen molar-refractivity contribution in [2.45, 2.75) is 55.0 Å². The van der Waals surface area contributed by atoms with Crippen LogP contribution in [0.15, 0.2) is 59.6 Å². The highest BCUT2D eigenvalue weighted by Gasteiger charge is 2.76. The van der Waals surface area contributed by atoms with Crippen molar-refractivity contribution in [1.29, 1.82) is 0 Å². The van der Waals surface area contributed by atoms with E-state index in [-0.39, 0.29) is 17.4 Å². The molecule has 0 unspecified atom stereocenters. The Morgan fingerprint density at radius 1 is 1.14 bits per heavy atom. The van der Waals surface area contributed by atoms with Crippen LogP contribution in [-0.2, 0) is 19.7 Å². The second-order valence-corrected chi connectivity index (χ2v) is 10.9. The van der Waals surface area contributed by atoms with Gasteiger partial charge >= 0.3 is 11.9 Å². The van der Waals surface area contributed by atoms with Crippen molar-refractivity contribution in [2.24, 2.45) is 10.4 Å². The van der Waals surface area contributed by atoms with Gasteiger partial charge in [-0.05, 0) is 61.4 Å². The molecule has 3 fully saturated rings. The molecule has 4 aliphatic rings. The van der Waals surface area contributed by atoms with Crippen LogP contribution in [-0.4, -0.2) is 59.8 Å². The number of fused-ring (bicyclic) bond motifs is 1. The van der Waals surface area contributed by atoms with E-state index >= 15 is 0 Å². The third-order valence-electron chi connectivity index (χ3n) is 8.82. The van der Waals surface area contributed by atoms with Crippen LogP contribution in [0, 0.1) is 5.41 Å².